The second-order valence-corrected chi connectivity index (χ2v) is 4.09. The van der Waals surface area contributed by atoms with Gasteiger partial charge in [0.15, 0.2) is 0 Å². The van der Waals surface area contributed by atoms with Gasteiger partial charge < -0.3 is 5.73 Å². The van der Waals surface area contributed by atoms with Crippen molar-refractivity contribution in [2.24, 2.45) is 5.73 Å². The molecule has 2 heteroatoms. The van der Waals surface area contributed by atoms with E-state index in [4.69, 9.17) is 17.3 Å². The lowest BCUT2D eigenvalue weighted by Gasteiger charge is -2.06. The summed E-state index contributed by atoms with van der Waals surface area (Å²) in [6.07, 6.45) is 2.03. The van der Waals surface area contributed by atoms with Crippen molar-refractivity contribution in [1.82, 2.24) is 0 Å². The molecule has 0 saturated carbocycles. The molecule has 72 valence electrons. The molecule has 1 rings (SSSR count). The van der Waals surface area contributed by atoms with Gasteiger partial charge >= 0.3 is 0 Å². The van der Waals surface area contributed by atoms with E-state index in [1.807, 2.05) is 19.1 Å². The summed E-state index contributed by atoms with van der Waals surface area (Å²) in [4.78, 5) is 0. The number of benzene rings is 1. The quantitative estimate of drug-likeness (QED) is 0.793. The van der Waals surface area contributed by atoms with Crippen molar-refractivity contribution in [3.8, 4) is 0 Å². The second-order valence-electron chi connectivity index (χ2n) is 3.65. The largest absolute Gasteiger partial charge is 0.328 e. The van der Waals surface area contributed by atoms with E-state index in [0.717, 1.165) is 17.9 Å². The highest BCUT2D eigenvalue weighted by atomic mass is 35.5. The number of halogens is 1. The molecule has 13 heavy (non-hydrogen) atoms. The minimum atomic E-state index is 0.263. The lowest BCUT2D eigenvalue weighted by atomic mass is 10.0. The molecule has 1 aromatic rings. The maximum absolute atomic E-state index is 5.93. The fourth-order valence-electron chi connectivity index (χ4n) is 1.35. The molecule has 0 aliphatic heterocycles. The zero-order chi connectivity index (χ0) is 9.84. The van der Waals surface area contributed by atoms with Crippen LogP contribution in [0.5, 0.6) is 0 Å². The summed E-state index contributed by atoms with van der Waals surface area (Å²) in [7, 11) is 0. The fraction of sp³-hybridized carbons (Fsp3) is 0.455. The van der Waals surface area contributed by atoms with Gasteiger partial charge in [-0.05, 0) is 49.9 Å². The van der Waals surface area contributed by atoms with E-state index < -0.39 is 0 Å². The van der Waals surface area contributed by atoms with Crippen molar-refractivity contribution in [1.29, 1.82) is 0 Å². The Labute approximate surface area is 84.9 Å². The maximum Gasteiger partial charge on any atom is 0.0411 e. The van der Waals surface area contributed by atoms with Crippen molar-refractivity contribution in [3.05, 3.63) is 34.3 Å². The van der Waals surface area contributed by atoms with Gasteiger partial charge in [0.05, 0.1) is 0 Å². The highest BCUT2D eigenvalue weighted by Crippen LogP contribution is 2.15. The normalized spacial score (nSPS) is 12.9. The van der Waals surface area contributed by atoms with Gasteiger partial charge in [0, 0.05) is 11.1 Å². The van der Waals surface area contributed by atoms with Gasteiger partial charge in [-0.15, -0.1) is 0 Å². The molecule has 0 saturated heterocycles. The first-order valence-electron chi connectivity index (χ1n) is 4.59. The van der Waals surface area contributed by atoms with Crippen LogP contribution in [0.3, 0.4) is 0 Å². The van der Waals surface area contributed by atoms with Gasteiger partial charge in [0.25, 0.3) is 0 Å². The average molecular weight is 198 g/mol. The van der Waals surface area contributed by atoms with Gasteiger partial charge in [0.1, 0.15) is 0 Å². The first-order valence-corrected chi connectivity index (χ1v) is 4.97. The monoisotopic (exact) mass is 197 g/mol. The summed E-state index contributed by atoms with van der Waals surface area (Å²) < 4.78 is 0. The summed E-state index contributed by atoms with van der Waals surface area (Å²) in [5.74, 6) is 0. The van der Waals surface area contributed by atoms with Crippen LogP contribution in [0, 0.1) is 6.92 Å². The van der Waals surface area contributed by atoms with E-state index in [2.05, 4.69) is 13.0 Å². The minimum absolute atomic E-state index is 0.263. The van der Waals surface area contributed by atoms with E-state index in [9.17, 15) is 0 Å². The summed E-state index contributed by atoms with van der Waals surface area (Å²) in [5.41, 5.74) is 8.18. The van der Waals surface area contributed by atoms with Crippen molar-refractivity contribution >= 4 is 11.6 Å². The van der Waals surface area contributed by atoms with Crippen LogP contribution in [0.2, 0.25) is 5.02 Å². The molecule has 0 heterocycles. The molecule has 0 aromatic heterocycles. The Kier molecular flexibility index (Phi) is 3.76. The highest BCUT2D eigenvalue weighted by molar-refractivity contribution is 6.30. The predicted octanol–water partition coefficient (Wildman–Crippen LogP) is 2.93. The number of nitrogens with two attached hydrogens (primary N) is 1. The molecule has 2 N–H and O–H groups in total. The lowest BCUT2D eigenvalue weighted by molar-refractivity contribution is 0.666. The molecule has 1 atom stereocenters. The number of hydrogen-bond donors (Lipinski definition) is 1. The standard InChI is InChI=1S/C11H16ClN/c1-8-5-10(4-3-9(2)13)7-11(12)6-8/h5-7,9H,3-4,13H2,1-2H3/t9-/m0/s1. The van der Waals surface area contributed by atoms with E-state index in [1.54, 1.807) is 0 Å². The van der Waals surface area contributed by atoms with Crippen molar-refractivity contribution in [2.75, 3.05) is 0 Å². The first-order chi connectivity index (χ1) is 6.08. The fourth-order valence-corrected chi connectivity index (χ4v) is 1.66. The summed E-state index contributed by atoms with van der Waals surface area (Å²) >= 11 is 5.93. The molecule has 0 spiro atoms. The zero-order valence-corrected chi connectivity index (χ0v) is 8.93. The Bertz CT molecular complexity index is 261. The van der Waals surface area contributed by atoms with E-state index in [-0.39, 0.29) is 6.04 Å². The zero-order valence-electron chi connectivity index (χ0n) is 8.18. The summed E-state index contributed by atoms with van der Waals surface area (Å²) in [5, 5.41) is 0.819. The molecule has 1 nitrogen and oxygen atoms in total. The molecule has 0 aliphatic carbocycles. The van der Waals surface area contributed by atoms with E-state index in [1.165, 1.54) is 11.1 Å². The molecule has 0 aliphatic rings. The van der Waals surface area contributed by atoms with Gasteiger partial charge in [-0.25, -0.2) is 0 Å². The van der Waals surface area contributed by atoms with Gasteiger partial charge in [-0.2, -0.15) is 0 Å². The molecular weight excluding hydrogens is 182 g/mol. The first kappa shape index (κ1) is 10.6. The molecule has 0 radical (unpaired) electrons. The summed E-state index contributed by atoms with van der Waals surface area (Å²) in [6, 6.07) is 6.40. The molecular formula is C11H16ClN. The molecule has 1 aromatic carbocycles. The van der Waals surface area contributed by atoms with Crippen LogP contribution in [0.4, 0.5) is 0 Å². The van der Waals surface area contributed by atoms with Crippen LogP contribution in [0.15, 0.2) is 18.2 Å². The minimum Gasteiger partial charge on any atom is -0.328 e. The smallest absolute Gasteiger partial charge is 0.0411 e. The van der Waals surface area contributed by atoms with Crippen LogP contribution in [-0.4, -0.2) is 6.04 Å². The topological polar surface area (TPSA) is 26.0 Å². The SMILES string of the molecule is Cc1cc(Cl)cc(CC[C@H](C)N)c1. The van der Waals surface area contributed by atoms with Gasteiger partial charge in [-0.1, -0.05) is 17.7 Å². The molecule has 0 amide bonds. The molecule has 0 unspecified atom stereocenters. The number of hydrogen-bond acceptors (Lipinski definition) is 1. The second kappa shape index (κ2) is 4.64. The average Bonchev–Trinajstić information content (AvgIpc) is 1.99. The Morgan fingerprint density at radius 2 is 2.08 bits per heavy atom. The molecule has 0 bridgehead atoms. The van der Waals surface area contributed by atoms with E-state index >= 15 is 0 Å². The molecule has 0 fully saturated rings. The Morgan fingerprint density at radius 1 is 1.38 bits per heavy atom. The van der Waals surface area contributed by atoms with Gasteiger partial charge in [-0.3, -0.25) is 0 Å². The maximum atomic E-state index is 5.93. The van der Waals surface area contributed by atoms with Crippen molar-refractivity contribution < 1.29 is 0 Å². The van der Waals surface area contributed by atoms with E-state index in [0.29, 0.717) is 0 Å². The Balaban J connectivity index is 2.66. The lowest BCUT2D eigenvalue weighted by Crippen LogP contribution is -2.15. The van der Waals surface area contributed by atoms with Crippen LogP contribution in [-0.2, 0) is 6.42 Å². The van der Waals surface area contributed by atoms with Crippen LogP contribution in [0.25, 0.3) is 0 Å². The highest BCUT2D eigenvalue weighted by Gasteiger charge is 1.99. The third-order valence-corrected chi connectivity index (χ3v) is 2.21. The van der Waals surface area contributed by atoms with Crippen molar-refractivity contribution in [3.63, 3.8) is 0 Å². The number of aryl methyl sites for hydroxylation is 2. The van der Waals surface area contributed by atoms with Gasteiger partial charge in [0.2, 0.25) is 0 Å². The summed E-state index contributed by atoms with van der Waals surface area (Å²) in [6.45, 7) is 4.08. The van der Waals surface area contributed by atoms with Crippen LogP contribution < -0.4 is 5.73 Å². The Hall–Kier alpha value is -0.530. The predicted molar refractivity (Wildman–Crippen MR) is 58.2 cm³/mol. The third-order valence-electron chi connectivity index (χ3n) is 1.99. The van der Waals surface area contributed by atoms with Crippen LogP contribution >= 0.6 is 11.6 Å². The van der Waals surface area contributed by atoms with Crippen molar-refractivity contribution in [2.45, 2.75) is 32.7 Å². The van der Waals surface area contributed by atoms with Crippen LogP contribution in [0.1, 0.15) is 24.5 Å². The Morgan fingerprint density at radius 3 is 2.62 bits per heavy atom. The number of rotatable bonds is 3. The third kappa shape index (κ3) is 3.79.